The van der Waals surface area contributed by atoms with E-state index in [1.54, 1.807) is 10.8 Å². The van der Waals surface area contributed by atoms with E-state index < -0.39 is 0 Å². The van der Waals surface area contributed by atoms with Crippen LogP contribution < -0.4 is 10.9 Å². The number of hydrogen-bond donors (Lipinski definition) is 1. The van der Waals surface area contributed by atoms with Gasteiger partial charge in [0.25, 0.3) is 11.5 Å². The molecule has 2 aliphatic rings. The average Bonchev–Trinajstić information content (AvgIpc) is 3.33. The fourth-order valence-electron chi connectivity index (χ4n) is 5.38. The first-order valence-electron chi connectivity index (χ1n) is 11.1. The van der Waals surface area contributed by atoms with Crippen LogP contribution in [0, 0.1) is 13.8 Å². The van der Waals surface area contributed by atoms with E-state index in [9.17, 15) is 9.59 Å². The Labute approximate surface area is 181 Å². The van der Waals surface area contributed by atoms with Crippen molar-refractivity contribution in [1.29, 1.82) is 0 Å². The summed E-state index contributed by atoms with van der Waals surface area (Å²) in [7, 11) is 1.95. The molecule has 1 N–H and O–H groups in total. The maximum absolute atomic E-state index is 13.5. The van der Waals surface area contributed by atoms with Gasteiger partial charge in [0, 0.05) is 24.5 Å². The van der Waals surface area contributed by atoms with Crippen molar-refractivity contribution in [2.24, 2.45) is 7.05 Å². The number of nitrogens with zero attached hydrogens (tertiary/aromatic N) is 3. The maximum atomic E-state index is 13.5. The van der Waals surface area contributed by atoms with Crippen molar-refractivity contribution in [3.63, 3.8) is 0 Å². The zero-order valence-electron chi connectivity index (χ0n) is 18.4. The number of hydrogen-bond acceptors (Lipinski definition) is 3. The lowest BCUT2D eigenvalue weighted by molar-refractivity contribution is 0.0930. The maximum Gasteiger partial charge on any atom is 0.268 e. The van der Waals surface area contributed by atoms with E-state index in [1.807, 2.05) is 43.8 Å². The van der Waals surface area contributed by atoms with Crippen LogP contribution in [-0.2, 0) is 26.3 Å². The number of fused-ring (bicyclic) bond motifs is 2. The van der Waals surface area contributed by atoms with Crippen LogP contribution in [0.25, 0.3) is 5.69 Å². The number of benzene rings is 1. The monoisotopic (exact) mass is 416 g/mol. The first kappa shape index (κ1) is 19.8. The zero-order chi connectivity index (χ0) is 21.7. The summed E-state index contributed by atoms with van der Waals surface area (Å²) in [4.78, 5) is 26.8. The fourth-order valence-corrected chi connectivity index (χ4v) is 5.38. The number of carbonyl (C=O) groups is 1. The van der Waals surface area contributed by atoms with Gasteiger partial charge in [0.15, 0.2) is 0 Å². The largest absolute Gasteiger partial charge is 0.345 e. The number of carbonyl (C=O) groups excluding carboxylic acids is 1. The third kappa shape index (κ3) is 3.21. The smallest absolute Gasteiger partial charge is 0.268 e. The molecular weight excluding hydrogens is 388 g/mol. The van der Waals surface area contributed by atoms with E-state index in [-0.39, 0.29) is 23.1 Å². The highest BCUT2D eigenvalue weighted by atomic mass is 16.2. The molecule has 5 rings (SSSR count). The summed E-state index contributed by atoms with van der Waals surface area (Å²) < 4.78 is 3.56. The van der Waals surface area contributed by atoms with Gasteiger partial charge in [-0.15, -0.1) is 0 Å². The highest BCUT2D eigenvalue weighted by Crippen LogP contribution is 2.32. The second-order valence-electron chi connectivity index (χ2n) is 8.80. The molecule has 0 bridgehead atoms. The Morgan fingerprint density at radius 2 is 1.97 bits per heavy atom. The van der Waals surface area contributed by atoms with Gasteiger partial charge in [-0.05, 0) is 81.2 Å². The summed E-state index contributed by atoms with van der Waals surface area (Å²) in [6.45, 7) is 3.82. The summed E-state index contributed by atoms with van der Waals surface area (Å²) in [6, 6.07) is 7.87. The van der Waals surface area contributed by atoms with Crippen LogP contribution in [0.2, 0.25) is 0 Å². The number of amides is 1. The molecule has 1 atom stereocenters. The van der Waals surface area contributed by atoms with E-state index in [2.05, 4.69) is 16.5 Å². The molecule has 160 valence electrons. The normalized spacial score (nSPS) is 17.3. The summed E-state index contributed by atoms with van der Waals surface area (Å²) in [5, 5.41) is 7.70. The van der Waals surface area contributed by atoms with Crippen molar-refractivity contribution >= 4 is 5.91 Å². The summed E-state index contributed by atoms with van der Waals surface area (Å²) in [5.74, 6) is -0.300. The Kier molecular flexibility index (Phi) is 4.80. The van der Waals surface area contributed by atoms with Crippen LogP contribution in [0.5, 0.6) is 0 Å². The zero-order valence-corrected chi connectivity index (χ0v) is 18.4. The second-order valence-corrected chi connectivity index (χ2v) is 8.80. The second kappa shape index (κ2) is 7.52. The van der Waals surface area contributed by atoms with E-state index >= 15 is 0 Å². The van der Waals surface area contributed by atoms with Gasteiger partial charge >= 0.3 is 0 Å². The van der Waals surface area contributed by atoms with E-state index in [4.69, 9.17) is 0 Å². The number of nitrogens with one attached hydrogen (secondary N) is 1. The minimum absolute atomic E-state index is 0.113. The molecule has 3 aromatic rings. The third-order valence-electron chi connectivity index (χ3n) is 6.86. The lowest BCUT2D eigenvalue weighted by atomic mass is 9.90. The topological polar surface area (TPSA) is 68.9 Å². The van der Waals surface area contributed by atoms with Gasteiger partial charge in [-0.3, -0.25) is 18.8 Å². The molecule has 0 saturated heterocycles. The molecule has 0 fully saturated rings. The molecule has 1 aromatic carbocycles. The molecule has 1 amide bonds. The molecule has 2 aliphatic carbocycles. The van der Waals surface area contributed by atoms with Crippen LogP contribution in [0.4, 0.5) is 0 Å². The van der Waals surface area contributed by atoms with Crippen LogP contribution in [0.15, 0.2) is 35.3 Å². The SMILES string of the molecule is Cc1ccn(-c2cccc3c2CCC3)c(=O)c1C(=O)NC1CCCc2c1c(C)nn2C. The molecule has 0 aliphatic heterocycles. The van der Waals surface area contributed by atoms with Gasteiger partial charge in [-0.2, -0.15) is 5.10 Å². The predicted molar refractivity (Wildman–Crippen MR) is 120 cm³/mol. The number of pyridine rings is 1. The third-order valence-corrected chi connectivity index (χ3v) is 6.86. The molecule has 6 nitrogen and oxygen atoms in total. The standard InChI is InChI=1S/C25H28N4O2/c1-15-13-14-29(20-11-5-8-17-7-4-9-18(17)20)25(31)22(15)24(30)26-19-10-6-12-21-23(19)16(2)27-28(21)3/h5,8,11,13-14,19H,4,6-7,9-10,12H2,1-3H3,(H,26,30). The fraction of sp³-hybridized carbons (Fsp3) is 0.400. The molecule has 0 spiro atoms. The molecule has 1 unspecified atom stereocenters. The van der Waals surface area contributed by atoms with Gasteiger partial charge in [0.05, 0.1) is 17.4 Å². The Hall–Kier alpha value is -3.15. The molecule has 31 heavy (non-hydrogen) atoms. The number of rotatable bonds is 3. The minimum Gasteiger partial charge on any atom is -0.345 e. The van der Waals surface area contributed by atoms with Crippen LogP contribution in [0.3, 0.4) is 0 Å². The lowest BCUT2D eigenvalue weighted by Gasteiger charge is -2.25. The van der Waals surface area contributed by atoms with Gasteiger partial charge in [0.1, 0.15) is 5.56 Å². The Morgan fingerprint density at radius 1 is 1.13 bits per heavy atom. The number of aryl methyl sites for hydroxylation is 4. The summed E-state index contributed by atoms with van der Waals surface area (Å²) >= 11 is 0. The van der Waals surface area contributed by atoms with Crippen molar-refractivity contribution in [3.05, 3.63) is 80.0 Å². The Morgan fingerprint density at radius 3 is 2.81 bits per heavy atom. The van der Waals surface area contributed by atoms with E-state index in [0.717, 1.165) is 55.5 Å². The van der Waals surface area contributed by atoms with Crippen LogP contribution >= 0.6 is 0 Å². The van der Waals surface area contributed by atoms with Gasteiger partial charge in [-0.25, -0.2) is 0 Å². The van der Waals surface area contributed by atoms with Crippen LogP contribution in [0.1, 0.15) is 69.3 Å². The van der Waals surface area contributed by atoms with Gasteiger partial charge < -0.3 is 5.32 Å². The predicted octanol–water partition coefficient (Wildman–Crippen LogP) is 3.48. The first-order valence-corrected chi connectivity index (χ1v) is 11.1. The number of aromatic nitrogens is 3. The summed E-state index contributed by atoms with van der Waals surface area (Å²) in [5.41, 5.74) is 7.34. The Balaban J connectivity index is 1.52. The summed E-state index contributed by atoms with van der Waals surface area (Å²) in [6.07, 6.45) is 7.74. The molecule has 0 radical (unpaired) electrons. The minimum atomic E-state index is -0.300. The molecule has 2 aromatic heterocycles. The Bertz CT molecular complexity index is 1250. The van der Waals surface area contributed by atoms with Crippen molar-refractivity contribution < 1.29 is 4.79 Å². The van der Waals surface area contributed by atoms with Crippen molar-refractivity contribution in [2.75, 3.05) is 0 Å². The molecule has 0 saturated carbocycles. The van der Waals surface area contributed by atoms with Crippen molar-refractivity contribution in [2.45, 2.75) is 58.4 Å². The van der Waals surface area contributed by atoms with E-state index in [0.29, 0.717) is 5.56 Å². The quantitative estimate of drug-likeness (QED) is 0.711. The van der Waals surface area contributed by atoms with Gasteiger partial charge in [-0.1, -0.05) is 12.1 Å². The van der Waals surface area contributed by atoms with Gasteiger partial charge in [0.2, 0.25) is 0 Å². The average molecular weight is 417 g/mol. The first-order chi connectivity index (χ1) is 15.0. The molecular formula is C25H28N4O2. The molecule has 6 heteroatoms. The van der Waals surface area contributed by atoms with Crippen LogP contribution in [-0.4, -0.2) is 20.3 Å². The van der Waals surface area contributed by atoms with Crippen molar-refractivity contribution in [3.8, 4) is 5.69 Å². The highest BCUT2D eigenvalue weighted by molar-refractivity contribution is 5.95. The molecule has 2 heterocycles. The highest BCUT2D eigenvalue weighted by Gasteiger charge is 2.29. The van der Waals surface area contributed by atoms with E-state index in [1.165, 1.54) is 16.8 Å². The van der Waals surface area contributed by atoms with Crippen molar-refractivity contribution in [1.82, 2.24) is 19.7 Å². The lowest BCUT2D eigenvalue weighted by Crippen LogP contribution is -2.37.